The van der Waals surface area contributed by atoms with Crippen molar-refractivity contribution in [2.45, 2.75) is 25.8 Å². The van der Waals surface area contributed by atoms with Crippen LogP contribution < -0.4 is 10.2 Å². The molecule has 0 saturated carbocycles. The zero-order chi connectivity index (χ0) is 14.7. The van der Waals surface area contributed by atoms with Crippen molar-refractivity contribution in [3.63, 3.8) is 0 Å². The first-order chi connectivity index (χ1) is 10.3. The summed E-state index contributed by atoms with van der Waals surface area (Å²) >= 11 is 0. The van der Waals surface area contributed by atoms with E-state index in [0.717, 1.165) is 26.1 Å². The fourth-order valence-electron chi connectivity index (χ4n) is 3.22. The van der Waals surface area contributed by atoms with E-state index in [9.17, 15) is 0 Å². The molecule has 1 atom stereocenters. The highest BCUT2D eigenvalue weighted by Gasteiger charge is 2.22. The first kappa shape index (κ1) is 14.2. The van der Waals surface area contributed by atoms with Crippen LogP contribution in [0.5, 0.6) is 0 Å². The van der Waals surface area contributed by atoms with Crippen LogP contribution in [0, 0.1) is 0 Å². The second-order valence-corrected chi connectivity index (χ2v) is 5.80. The highest BCUT2D eigenvalue weighted by Crippen LogP contribution is 2.25. The zero-order valence-corrected chi connectivity index (χ0v) is 13.0. The number of nitrogens with one attached hydrogen (secondary N) is 1. The van der Waals surface area contributed by atoms with E-state index in [2.05, 4.69) is 71.7 Å². The Hall–Kier alpha value is -1.74. The minimum atomic E-state index is 0.637. The van der Waals surface area contributed by atoms with Gasteiger partial charge in [0.2, 0.25) is 0 Å². The van der Waals surface area contributed by atoms with Gasteiger partial charge in [-0.3, -0.25) is 0 Å². The molecule has 3 heteroatoms. The Morgan fingerprint density at radius 1 is 1.29 bits per heavy atom. The Bertz CT molecular complexity index is 547. The van der Waals surface area contributed by atoms with Gasteiger partial charge in [-0.25, -0.2) is 0 Å². The molecule has 2 aliphatic rings. The number of anilines is 1. The quantitative estimate of drug-likeness (QED) is 0.916. The van der Waals surface area contributed by atoms with Crippen LogP contribution >= 0.6 is 0 Å². The zero-order valence-electron chi connectivity index (χ0n) is 13.0. The molecule has 1 aromatic carbocycles. The van der Waals surface area contributed by atoms with Crippen LogP contribution in [0.1, 0.15) is 18.9 Å². The maximum Gasteiger partial charge on any atom is 0.0441 e. The number of nitrogens with zero attached hydrogens (tertiary/aromatic N) is 2. The van der Waals surface area contributed by atoms with Crippen molar-refractivity contribution in [3.05, 3.63) is 53.9 Å². The molecule has 3 nitrogen and oxygen atoms in total. The van der Waals surface area contributed by atoms with Crippen molar-refractivity contribution in [1.82, 2.24) is 10.2 Å². The molecule has 0 amide bonds. The van der Waals surface area contributed by atoms with Crippen LogP contribution in [0.15, 0.2) is 48.3 Å². The highest BCUT2D eigenvalue weighted by atomic mass is 15.2. The molecule has 0 unspecified atom stereocenters. The molecule has 112 valence electrons. The molecule has 1 saturated heterocycles. The van der Waals surface area contributed by atoms with Crippen molar-refractivity contribution >= 4 is 5.69 Å². The predicted molar refractivity (Wildman–Crippen MR) is 89.4 cm³/mol. The molecule has 2 aliphatic heterocycles. The van der Waals surface area contributed by atoms with Gasteiger partial charge in [0.05, 0.1) is 0 Å². The van der Waals surface area contributed by atoms with Crippen molar-refractivity contribution < 1.29 is 0 Å². The SMILES string of the molecule is CCc1ccccc1N1C=CC(N2CC[C@H](NC)C2)=CC1. The van der Waals surface area contributed by atoms with Gasteiger partial charge in [-0.2, -0.15) is 0 Å². The number of likely N-dealkylation sites (tertiary alicyclic amines) is 1. The summed E-state index contributed by atoms with van der Waals surface area (Å²) in [5, 5.41) is 3.38. The second-order valence-electron chi connectivity index (χ2n) is 5.80. The molecule has 21 heavy (non-hydrogen) atoms. The van der Waals surface area contributed by atoms with E-state index < -0.39 is 0 Å². The minimum absolute atomic E-state index is 0.637. The monoisotopic (exact) mass is 283 g/mol. The van der Waals surface area contributed by atoms with Crippen LogP contribution in [-0.4, -0.2) is 37.6 Å². The molecule has 2 heterocycles. The largest absolute Gasteiger partial charge is 0.370 e. The van der Waals surface area contributed by atoms with Gasteiger partial charge in [-0.15, -0.1) is 0 Å². The van der Waals surface area contributed by atoms with E-state index in [4.69, 9.17) is 0 Å². The van der Waals surface area contributed by atoms with Gasteiger partial charge in [-0.1, -0.05) is 25.1 Å². The number of benzene rings is 1. The van der Waals surface area contributed by atoms with E-state index in [-0.39, 0.29) is 0 Å². The fourth-order valence-corrected chi connectivity index (χ4v) is 3.22. The van der Waals surface area contributed by atoms with Gasteiger partial charge in [0, 0.05) is 43.3 Å². The number of hydrogen-bond donors (Lipinski definition) is 1. The first-order valence-electron chi connectivity index (χ1n) is 7.97. The Morgan fingerprint density at radius 2 is 2.14 bits per heavy atom. The second kappa shape index (κ2) is 6.35. The number of likely N-dealkylation sites (N-methyl/N-ethyl adjacent to an activating group) is 1. The lowest BCUT2D eigenvalue weighted by atomic mass is 10.1. The molecule has 1 N–H and O–H groups in total. The Morgan fingerprint density at radius 3 is 2.81 bits per heavy atom. The predicted octanol–water partition coefficient (Wildman–Crippen LogP) is 2.76. The summed E-state index contributed by atoms with van der Waals surface area (Å²) in [4.78, 5) is 4.83. The van der Waals surface area contributed by atoms with Crippen LogP contribution in [-0.2, 0) is 6.42 Å². The maximum absolute atomic E-state index is 3.38. The average molecular weight is 283 g/mol. The van der Waals surface area contributed by atoms with Crippen molar-refractivity contribution in [3.8, 4) is 0 Å². The number of allylic oxidation sites excluding steroid dienone is 1. The summed E-state index contributed by atoms with van der Waals surface area (Å²) in [7, 11) is 2.06. The molecule has 0 aliphatic carbocycles. The van der Waals surface area contributed by atoms with Crippen LogP contribution in [0.25, 0.3) is 0 Å². The van der Waals surface area contributed by atoms with E-state index >= 15 is 0 Å². The standard InChI is InChI=1S/C18H25N3/c1-3-15-6-4-5-7-18(15)20-12-9-17(10-13-20)21-11-8-16(14-21)19-2/h4-7,9-10,12,16,19H,3,8,11,13-14H2,1-2H3/t16-/m0/s1. The molecule has 1 fully saturated rings. The lowest BCUT2D eigenvalue weighted by molar-refractivity contribution is 0.422. The van der Waals surface area contributed by atoms with E-state index in [1.807, 2.05) is 0 Å². The molecule has 0 spiro atoms. The van der Waals surface area contributed by atoms with E-state index in [1.54, 1.807) is 0 Å². The Kier molecular flexibility index (Phi) is 4.30. The van der Waals surface area contributed by atoms with Crippen LogP contribution in [0.4, 0.5) is 5.69 Å². The van der Waals surface area contributed by atoms with Gasteiger partial charge >= 0.3 is 0 Å². The van der Waals surface area contributed by atoms with Gasteiger partial charge in [0.25, 0.3) is 0 Å². The normalized spacial score (nSPS) is 21.8. The first-order valence-corrected chi connectivity index (χ1v) is 7.97. The van der Waals surface area contributed by atoms with Gasteiger partial charge < -0.3 is 15.1 Å². The lowest BCUT2D eigenvalue weighted by Gasteiger charge is -2.28. The van der Waals surface area contributed by atoms with E-state index in [1.165, 1.54) is 23.4 Å². The topological polar surface area (TPSA) is 18.5 Å². The van der Waals surface area contributed by atoms with Crippen LogP contribution in [0.3, 0.4) is 0 Å². The maximum atomic E-state index is 3.38. The lowest BCUT2D eigenvalue weighted by Crippen LogP contribution is -2.30. The molecular formula is C18H25N3. The van der Waals surface area contributed by atoms with Crippen molar-refractivity contribution in [2.75, 3.05) is 31.6 Å². The third-order valence-electron chi connectivity index (χ3n) is 4.57. The third-order valence-corrected chi connectivity index (χ3v) is 4.57. The summed E-state index contributed by atoms with van der Waals surface area (Å²) in [5.74, 6) is 0. The molecule has 0 aromatic heterocycles. The Balaban J connectivity index is 1.69. The van der Waals surface area contributed by atoms with Crippen LogP contribution in [0.2, 0.25) is 0 Å². The fraction of sp³-hybridized carbons (Fsp3) is 0.444. The molecule has 1 aromatic rings. The molecule has 0 bridgehead atoms. The number of aryl methyl sites for hydroxylation is 1. The number of rotatable bonds is 4. The number of hydrogen-bond acceptors (Lipinski definition) is 3. The third kappa shape index (κ3) is 2.98. The van der Waals surface area contributed by atoms with Gasteiger partial charge in [0.1, 0.15) is 0 Å². The molecule has 0 radical (unpaired) electrons. The summed E-state index contributed by atoms with van der Waals surface area (Å²) < 4.78 is 0. The van der Waals surface area contributed by atoms with Crippen molar-refractivity contribution in [2.24, 2.45) is 0 Å². The smallest absolute Gasteiger partial charge is 0.0441 e. The molecule has 3 rings (SSSR count). The summed E-state index contributed by atoms with van der Waals surface area (Å²) in [6.45, 7) is 5.46. The summed E-state index contributed by atoms with van der Waals surface area (Å²) in [6, 6.07) is 9.33. The Labute approximate surface area is 127 Å². The minimum Gasteiger partial charge on any atom is -0.370 e. The number of para-hydroxylation sites is 1. The summed E-state index contributed by atoms with van der Waals surface area (Å²) in [6.07, 6.45) is 9.16. The highest BCUT2D eigenvalue weighted by molar-refractivity contribution is 5.57. The van der Waals surface area contributed by atoms with Gasteiger partial charge in [0.15, 0.2) is 0 Å². The summed E-state index contributed by atoms with van der Waals surface area (Å²) in [5.41, 5.74) is 4.12. The van der Waals surface area contributed by atoms with Gasteiger partial charge in [-0.05, 0) is 43.7 Å². The molecular weight excluding hydrogens is 258 g/mol. The average Bonchev–Trinajstić information content (AvgIpc) is 3.04. The van der Waals surface area contributed by atoms with Crippen molar-refractivity contribution in [1.29, 1.82) is 0 Å². The van der Waals surface area contributed by atoms with E-state index in [0.29, 0.717) is 6.04 Å².